The Morgan fingerprint density at radius 1 is 1.15 bits per heavy atom. The van der Waals surface area contributed by atoms with Crippen molar-refractivity contribution < 1.29 is 22.7 Å². The van der Waals surface area contributed by atoms with Gasteiger partial charge in [0, 0.05) is 16.1 Å². The molecule has 0 radical (unpaired) electrons. The summed E-state index contributed by atoms with van der Waals surface area (Å²) in [5.74, 6) is -1.69. The van der Waals surface area contributed by atoms with E-state index in [4.69, 9.17) is 11.6 Å². The van der Waals surface area contributed by atoms with Crippen LogP contribution in [0.2, 0.25) is 5.02 Å². The van der Waals surface area contributed by atoms with Gasteiger partial charge in [0.1, 0.15) is 5.82 Å². The molecule has 1 heterocycles. The van der Waals surface area contributed by atoms with Gasteiger partial charge in [0.25, 0.3) is 10.0 Å². The molecule has 0 aliphatic heterocycles. The number of hydrogen-bond acceptors (Lipinski definition) is 3. The summed E-state index contributed by atoms with van der Waals surface area (Å²) in [6.45, 7) is 4.86. The third-order valence-corrected chi connectivity index (χ3v) is 6.90. The zero-order chi connectivity index (χ0) is 20.1. The van der Waals surface area contributed by atoms with E-state index in [-0.39, 0.29) is 27.1 Å². The van der Waals surface area contributed by atoms with Gasteiger partial charge >= 0.3 is 5.97 Å². The Labute approximate surface area is 161 Å². The minimum absolute atomic E-state index is 0.0654. The van der Waals surface area contributed by atoms with E-state index in [2.05, 4.69) is 0 Å². The third kappa shape index (κ3) is 3.21. The average Bonchev–Trinajstić information content (AvgIpc) is 2.82. The average molecular weight is 410 g/mol. The highest BCUT2D eigenvalue weighted by molar-refractivity contribution is 7.90. The molecule has 0 unspecified atom stereocenters. The lowest BCUT2D eigenvalue weighted by molar-refractivity contribution is -0.136. The van der Waals surface area contributed by atoms with E-state index in [1.54, 1.807) is 19.9 Å². The fourth-order valence-electron chi connectivity index (χ4n) is 3.24. The van der Waals surface area contributed by atoms with Crippen molar-refractivity contribution in [2.24, 2.45) is 0 Å². The molecule has 0 spiro atoms. The number of aryl methyl sites for hydroxylation is 2. The highest BCUT2D eigenvalue weighted by Crippen LogP contribution is 2.33. The molecular formula is C19H17ClFNO4S. The van der Waals surface area contributed by atoms with Crippen molar-refractivity contribution in [2.75, 3.05) is 0 Å². The van der Waals surface area contributed by atoms with Gasteiger partial charge in [0.2, 0.25) is 0 Å². The molecule has 2 aromatic carbocycles. The minimum Gasteiger partial charge on any atom is -0.481 e. The number of rotatable bonds is 4. The van der Waals surface area contributed by atoms with Gasteiger partial charge < -0.3 is 5.11 Å². The van der Waals surface area contributed by atoms with Gasteiger partial charge in [-0.25, -0.2) is 16.8 Å². The molecule has 0 saturated heterocycles. The second kappa shape index (κ2) is 6.65. The summed E-state index contributed by atoms with van der Waals surface area (Å²) in [6, 6.07) is 6.71. The molecule has 1 aromatic heterocycles. The van der Waals surface area contributed by atoms with Gasteiger partial charge in [-0.05, 0) is 67.8 Å². The first-order valence-electron chi connectivity index (χ1n) is 8.07. The largest absolute Gasteiger partial charge is 0.481 e. The van der Waals surface area contributed by atoms with Crippen LogP contribution < -0.4 is 0 Å². The molecule has 0 bridgehead atoms. The molecule has 0 fully saturated rings. The molecule has 0 amide bonds. The Bertz CT molecular complexity index is 1200. The number of carboxylic acid groups (broad SMARTS) is 1. The molecule has 0 aliphatic carbocycles. The number of aliphatic carboxylic acids is 1. The normalized spacial score (nSPS) is 11.9. The highest BCUT2D eigenvalue weighted by Gasteiger charge is 2.27. The number of nitrogens with zero attached hydrogens (tertiary/aromatic N) is 1. The van der Waals surface area contributed by atoms with Gasteiger partial charge in [0.15, 0.2) is 0 Å². The first-order chi connectivity index (χ1) is 12.5. The van der Waals surface area contributed by atoms with E-state index in [0.29, 0.717) is 16.1 Å². The van der Waals surface area contributed by atoms with Crippen LogP contribution in [0.4, 0.5) is 4.39 Å². The molecule has 0 saturated carbocycles. The predicted octanol–water partition coefficient (Wildman–Crippen LogP) is 4.22. The van der Waals surface area contributed by atoms with Crippen molar-refractivity contribution >= 4 is 38.5 Å². The van der Waals surface area contributed by atoms with Crippen LogP contribution in [0.1, 0.15) is 22.4 Å². The predicted molar refractivity (Wildman–Crippen MR) is 101 cm³/mol. The lowest BCUT2D eigenvalue weighted by atomic mass is 10.1. The van der Waals surface area contributed by atoms with E-state index in [1.807, 2.05) is 0 Å². The smallest absolute Gasteiger partial charge is 0.307 e. The molecule has 8 heteroatoms. The Morgan fingerprint density at radius 2 is 1.81 bits per heavy atom. The highest BCUT2D eigenvalue weighted by atomic mass is 35.5. The summed E-state index contributed by atoms with van der Waals surface area (Å²) in [5, 5.41) is 9.91. The van der Waals surface area contributed by atoms with Crippen LogP contribution in [0.3, 0.4) is 0 Å². The summed E-state index contributed by atoms with van der Waals surface area (Å²) < 4.78 is 41.7. The maximum atomic E-state index is 13.8. The lowest BCUT2D eigenvalue weighted by Crippen LogP contribution is -2.16. The second-order valence-corrected chi connectivity index (χ2v) is 8.59. The van der Waals surface area contributed by atoms with Crippen molar-refractivity contribution in [2.45, 2.75) is 32.1 Å². The van der Waals surface area contributed by atoms with Crippen LogP contribution in [0, 0.1) is 26.6 Å². The van der Waals surface area contributed by atoms with E-state index in [1.165, 1.54) is 19.1 Å². The fraction of sp³-hybridized carbons (Fsp3) is 0.211. The van der Waals surface area contributed by atoms with Crippen molar-refractivity contribution in [1.29, 1.82) is 0 Å². The van der Waals surface area contributed by atoms with E-state index in [9.17, 15) is 22.7 Å². The molecular weight excluding hydrogens is 393 g/mol. The zero-order valence-electron chi connectivity index (χ0n) is 14.9. The van der Waals surface area contributed by atoms with E-state index < -0.39 is 28.2 Å². The Balaban J connectivity index is 2.39. The Kier molecular flexibility index (Phi) is 4.78. The maximum absolute atomic E-state index is 13.8. The summed E-state index contributed by atoms with van der Waals surface area (Å²) in [7, 11) is -4.05. The lowest BCUT2D eigenvalue weighted by Gasteiger charge is -2.14. The van der Waals surface area contributed by atoms with Crippen molar-refractivity contribution in [1.82, 2.24) is 3.97 Å². The second-order valence-electron chi connectivity index (χ2n) is 6.43. The zero-order valence-corrected chi connectivity index (χ0v) is 16.4. The number of aromatic nitrogens is 1. The number of benzene rings is 2. The molecule has 5 nitrogen and oxygen atoms in total. The SMILES string of the molecule is Cc1cc(S(=O)(=O)n2c(C)c(CC(=O)O)c3cc(F)ccc32)c(C)cc1Cl. The Morgan fingerprint density at radius 3 is 2.44 bits per heavy atom. The van der Waals surface area contributed by atoms with Gasteiger partial charge in [0.05, 0.1) is 16.8 Å². The van der Waals surface area contributed by atoms with Gasteiger partial charge in [-0.1, -0.05) is 11.6 Å². The van der Waals surface area contributed by atoms with Crippen LogP contribution >= 0.6 is 11.6 Å². The number of halogens is 2. The summed E-state index contributed by atoms with van der Waals surface area (Å²) in [5.41, 5.74) is 1.81. The van der Waals surface area contributed by atoms with Gasteiger partial charge in [-0.2, -0.15) is 0 Å². The summed E-state index contributed by atoms with van der Waals surface area (Å²) in [4.78, 5) is 11.3. The topological polar surface area (TPSA) is 76.4 Å². The fourth-order valence-corrected chi connectivity index (χ4v) is 5.34. The minimum atomic E-state index is -4.05. The quantitative estimate of drug-likeness (QED) is 0.699. The molecule has 1 N–H and O–H groups in total. The van der Waals surface area contributed by atoms with Crippen LogP contribution in [-0.2, 0) is 21.2 Å². The number of carboxylic acids is 1. The monoisotopic (exact) mass is 409 g/mol. The van der Waals surface area contributed by atoms with E-state index >= 15 is 0 Å². The van der Waals surface area contributed by atoms with Crippen molar-refractivity contribution in [3.8, 4) is 0 Å². The molecule has 3 aromatic rings. The molecule has 0 atom stereocenters. The summed E-state index contributed by atoms with van der Waals surface area (Å²) in [6.07, 6.45) is -0.410. The Hall–Kier alpha value is -2.38. The van der Waals surface area contributed by atoms with Crippen LogP contribution in [-0.4, -0.2) is 23.5 Å². The van der Waals surface area contributed by atoms with Crippen LogP contribution in [0.15, 0.2) is 35.2 Å². The third-order valence-electron chi connectivity index (χ3n) is 4.55. The number of fused-ring (bicyclic) bond motifs is 1. The van der Waals surface area contributed by atoms with Crippen LogP contribution in [0.5, 0.6) is 0 Å². The number of carbonyl (C=O) groups is 1. The van der Waals surface area contributed by atoms with Crippen molar-refractivity contribution in [3.05, 3.63) is 63.6 Å². The first-order valence-corrected chi connectivity index (χ1v) is 9.89. The molecule has 142 valence electrons. The molecule has 0 aliphatic rings. The summed E-state index contributed by atoms with van der Waals surface area (Å²) >= 11 is 6.08. The molecule has 3 rings (SSSR count). The van der Waals surface area contributed by atoms with Gasteiger partial charge in [-0.15, -0.1) is 0 Å². The molecule has 27 heavy (non-hydrogen) atoms. The number of hydrogen-bond donors (Lipinski definition) is 1. The standard InChI is InChI=1S/C19H17ClFNO4S/c1-10-7-18(11(2)6-16(10)20)27(25,26)22-12(3)14(9-19(23)24)15-8-13(21)4-5-17(15)22/h4-8H,9H2,1-3H3,(H,23,24). The maximum Gasteiger partial charge on any atom is 0.307 e. The van der Waals surface area contributed by atoms with Gasteiger partial charge in [-0.3, -0.25) is 4.79 Å². The van der Waals surface area contributed by atoms with Crippen LogP contribution in [0.25, 0.3) is 10.9 Å². The first kappa shape index (κ1) is 19.4. The van der Waals surface area contributed by atoms with Crippen molar-refractivity contribution in [3.63, 3.8) is 0 Å². The van der Waals surface area contributed by atoms with E-state index in [0.717, 1.165) is 16.1 Å².